The van der Waals surface area contributed by atoms with Gasteiger partial charge in [-0.05, 0) is 0 Å². The molecule has 2 rings (SSSR count). The number of allylic oxidation sites excluding steroid dienone is 2. The average Bonchev–Trinajstić information content (AvgIpc) is 3.24. The molecule has 33 heavy (non-hydrogen) atoms. The molecule has 1 unspecified atom stereocenters. The first-order chi connectivity index (χ1) is 15.5. The number of hydrogen-bond donors (Lipinski definition) is 5. The van der Waals surface area contributed by atoms with Crippen LogP contribution in [0, 0.1) is 0 Å². The zero-order valence-electron chi connectivity index (χ0n) is 17.6. The molecule has 1 atom stereocenters. The quantitative estimate of drug-likeness (QED) is 0.0970. The average molecular weight is 512 g/mol. The van der Waals surface area contributed by atoms with Gasteiger partial charge in [0.05, 0.1) is 0 Å². The third kappa shape index (κ3) is 8.59. The standard InChI is InChI=1S/C17H25F4N8O2PS/c1-24-16(31)17-28-27-14(33-17)3-2-11(18)8-29(23)9-13(22)15(30)26-6-10-4-12(7-25-5-10)32(19,20)21/h4,7,9,11,25,32H,2-3,5-6,8,22-23H2,1H3,(H,24,31)(H,26,30)/b13-9-. The Morgan fingerprint density at radius 1 is 1.39 bits per heavy atom. The maximum absolute atomic E-state index is 14.2. The fourth-order valence-corrected chi connectivity index (χ4v) is 4.06. The van der Waals surface area contributed by atoms with Crippen molar-refractivity contribution in [2.45, 2.75) is 19.0 Å². The van der Waals surface area contributed by atoms with Crippen molar-refractivity contribution in [3.05, 3.63) is 45.1 Å². The molecule has 1 aromatic heterocycles. The Hall–Kier alpha value is -2.77. The monoisotopic (exact) mass is 512 g/mol. The summed E-state index contributed by atoms with van der Waals surface area (Å²) in [6, 6.07) is 0. The van der Waals surface area contributed by atoms with Crippen molar-refractivity contribution < 1.29 is 26.6 Å². The summed E-state index contributed by atoms with van der Waals surface area (Å²) >= 11 is 1.06. The van der Waals surface area contributed by atoms with Gasteiger partial charge in [0.1, 0.15) is 5.01 Å². The molecule has 1 aliphatic rings. The number of rotatable bonds is 11. The summed E-state index contributed by atoms with van der Waals surface area (Å²) in [5.74, 6) is 4.55. The van der Waals surface area contributed by atoms with Crippen LogP contribution in [0.15, 0.2) is 35.1 Å². The Balaban J connectivity index is 1.79. The molecule has 0 aliphatic carbocycles. The Kier molecular flexibility index (Phi) is 9.56. The Bertz CT molecular complexity index is 950. The zero-order valence-corrected chi connectivity index (χ0v) is 19.4. The number of nitrogens with zero attached hydrogens (tertiary/aromatic N) is 3. The first-order valence-corrected chi connectivity index (χ1v) is 12.1. The molecule has 184 valence electrons. The van der Waals surface area contributed by atoms with Gasteiger partial charge in [-0.15, -0.1) is 10.2 Å². The number of carbonyl (C=O) groups is 2. The van der Waals surface area contributed by atoms with Crippen molar-refractivity contribution in [2.24, 2.45) is 11.6 Å². The first-order valence-electron chi connectivity index (χ1n) is 9.65. The van der Waals surface area contributed by atoms with Crippen LogP contribution in [-0.4, -0.2) is 59.9 Å². The second-order valence-electron chi connectivity index (χ2n) is 6.96. The number of nitrogens with two attached hydrogens (primary N) is 2. The van der Waals surface area contributed by atoms with Crippen molar-refractivity contribution in [3.8, 4) is 0 Å². The molecule has 10 nitrogen and oxygen atoms in total. The van der Waals surface area contributed by atoms with Gasteiger partial charge in [0, 0.05) is 13.5 Å². The minimum Gasteiger partial charge on any atom is -0.0917 e. The van der Waals surface area contributed by atoms with E-state index in [0.717, 1.165) is 34.8 Å². The number of alkyl halides is 1. The molecule has 1 aromatic rings. The van der Waals surface area contributed by atoms with E-state index in [2.05, 4.69) is 26.1 Å². The van der Waals surface area contributed by atoms with Gasteiger partial charge in [-0.1, -0.05) is 11.3 Å². The van der Waals surface area contributed by atoms with Crippen LogP contribution in [-0.2, 0) is 11.2 Å². The summed E-state index contributed by atoms with van der Waals surface area (Å²) < 4.78 is 52.9. The summed E-state index contributed by atoms with van der Waals surface area (Å²) in [4.78, 5) is 23.5. The number of nitrogens with one attached hydrogen (secondary N) is 3. The number of halogens is 4. The summed E-state index contributed by atoms with van der Waals surface area (Å²) in [6.07, 6.45) is 1.86. The SMILES string of the molecule is CNC(=O)c1nnc(CCC(F)CN(N)/C=C(\N)C(=O)NCC2=CC([PH](F)(F)F)=CNC2)s1. The largest absolute Gasteiger partial charge is 0.0917 e. The Labute approximate surface area is 191 Å². The van der Waals surface area contributed by atoms with E-state index in [0.29, 0.717) is 10.6 Å². The van der Waals surface area contributed by atoms with Crippen LogP contribution in [0.5, 0.6) is 0 Å². The molecule has 2 amide bonds. The second kappa shape index (κ2) is 11.9. The van der Waals surface area contributed by atoms with Crippen molar-refractivity contribution >= 4 is 31.3 Å². The normalized spacial score (nSPS) is 15.6. The molecule has 0 radical (unpaired) electrons. The predicted molar refractivity (Wildman–Crippen MR) is 118 cm³/mol. The zero-order chi connectivity index (χ0) is 24.6. The van der Waals surface area contributed by atoms with E-state index in [1.807, 2.05) is 0 Å². The van der Waals surface area contributed by atoms with Crippen LogP contribution < -0.4 is 27.5 Å². The summed E-state index contributed by atoms with van der Waals surface area (Å²) in [5.41, 5.74) is 5.66. The third-order valence-electron chi connectivity index (χ3n) is 4.29. The Morgan fingerprint density at radius 3 is 2.79 bits per heavy atom. The van der Waals surface area contributed by atoms with Crippen LogP contribution in [0.1, 0.15) is 21.2 Å². The Morgan fingerprint density at radius 2 is 2.12 bits per heavy atom. The molecule has 0 spiro atoms. The molecule has 16 heteroatoms. The van der Waals surface area contributed by atoms with Gasteiger partial charge in [0.25, 0.3) is 5.91 Å². The van der Waals surface area contributed by atoms with Gasteiger partial charge >= 0.3 is 130 Å². The molecular formula is C17H25F4N8O2PS. The molecule has 2 heterocycles. The van der Waals surface area contributed by atoms with E-state index >= 15 is 0 Å². The molecule has 0 fully saturated rings. The maximum Gasteiger partial charge on any atom is -0.0917 e. The van der Waals surface area contributed by atoms with E-state index in [1.165, 1.54) is 7.05 Å². The number of amides is 2. The number of aromatic nitrogens is 2. The second-order valence-corrected chi connectivity index (χ2v) is 9.60. The number of hydrogen-bond acceptors (Lipinski definition) is 9. The summed E-state index contributed by atoms with van der Waals surface area (Å²) in [7, 11) is -4.50. The molecule has 0 aromatic carbocycles. The van der Waals surface area contributed by atoms with E-state index in [4.69, 9.17) is 11.6 Å². The van der Waals surface area contributed by atoms with Crippen molar-refractivity contribution in [2.75, 3.05) is 26.7 Å². The predicted octanol–water partition coefficient (Wildman–Crippen LogP) is 1.03. The van der Waals surface area contributed by atoms with E-state index < -0.39 is 25.6 Å². The molecule has 1 aliphatic heterocycles. The van der Waals surface area contributed by atoms with Gasteiger partial charge in [0.2, 0.25) is 5.01 Å². The fourth-order valence-electron chi connectivity index (χ4n) is 2.62. The molecule has 0 saturated heterocycles. The van der Waals surface area contributed by atoms with Gasteiger partial charge in [-0.3, -0.25) is 4.79 Å². The van der Waals surface area contributed by atoms with Crippen LogP contribution in [0.3, 0.4) is 0 Å². The summed E-state index contributed by atoms with van der Waals surface area (Å²) in [5, 5.41) is 15.7. The number of hydrazine groups is 1. The minimum atomic E-state index is -5.96. The number of aryl methyl sites for hydroxylation is 1. The van der Waals surface area contributed by atoms with Crippen molar-refractivity contribution in [1.29, 1.82) is 0 Å². The van der Waals surface area contributed by atoms with Gasteiger partial charge in [-0.2, -0.15) is 0 Å². The minimum absolute atomic E-state index is 0.0511. The van der Waals surface area contributed by atoms with Crippen LogP contribution >= 0.6 is 19.5 Å². The molecule has 7 N–H and O–H groups in total. The smallest absolute Gasteiger partial charge is 0.0917 e. The van der Waals surface area contributed by atoms with E-state index in [1.54, 1.807) is 0 Å². The third-order valence-corrected chi connectivity index (χ3v) is 6.21. The van der Waals surface area contributed by atoms with Crippen LogP contribution in [0.4, 0.5) is 17.0 Å². The van der Waals surface area contributed by atoms with Crippen molar-refractivity contribution in [1.82, 2.24) is 31.2 Å². The first kappa shape index (κ1) is 26.5. The van der Waals surface area contributed by atoms with Gasteiger partial charge in [0.15, 0.2) is 0 Å². The van der Waals surface area contributed by atoms with Crippen LogP contribution in [0.2, 0.25) is 0 Å². The van der Waals surface area contributed by atoms with E-state index in [9.17, 15) is 26.6 Å². The topological polar surface area (TPSA) is 151 Å². The fraction of sp³-hybridized carbons (Fsp3) is 0.412. The van der Waals surface area contributed by atoms with Crippen molar-refractivity contribution in [3.63, 3.8) is 0 Å². The van der Waals surface area contributed by atoms with Crippen LogP contribution in [0.25, 0.3) is 0 Å². The van der Waals surface area contributed by atoms with Gasteiger partial charge in [-0.25, -0.2) is 0 Å². The molecule has 0 bridgehead atoms. The molecular weight excluding hydrogens is 487 g/mol. The van der Waals surface area contributed by atoms with Gasteiger partial charge < -0.3 is 5.32 Å². The van der Waals surface area contributed by atoms with E-state index in [-0.39, 0.29) is 49.1 Å². The molecule has 0 saturated carbocycles. The summed E-state index contributed by atoms with van der Waals surface area (Å²) in [6.45, 7) is -0.253. The maximum atomic E-state index is 14.2. The number of dihydropyridines is 1. The number of carbonyl (C=O) groups excluding carboxylic acids is 2.